The van der Waals surface area contributed by atoms with Gasteiger partial charge in [-0.3, -0.25) is 9.69 Å². The van der Waals surface area contributed by atoms with E-state index in [-0.39, 0.29) is 11.9 Å². The zero-order chi connectivity index (χ0) is 20.1. The summed E-state index contributed by atoms with van der Waals surface area (Å²) in [5.41, 5.74) is 0.317. The first kappa shape index (κ1) is 20.8. The van der Waals surface area contributed by atoms with Crippen molar-refractivity contribution in [3.63, 3.8) is 0 Å². The number of nitrogens with zero attached hydrogens (tertiary/aromatic N) is 2. The number of carbonyl (C=O) groups excluding carboxylic acids is 2. The minimum atomic E-state index is -0.920. The third kappa shape index (κ3) is 4.72. The summed E-state index contributed by atoms with van der Waals surface area (Å²) in [6.45, 7) is 1.61. The van der Waals surface area contributed by atoms with Gasteiger partial charge >= 0.3 is 5.97 Å². The second-order valence-corrected chi connectivity index (χ2v) is 8.44. The predicted octanol–water partition coefficient (Wildman–Crippen LogP) is 4.83. The summed E-state index contributed by atoms with van der Waals surface area (Å²) in [4.78, 5) is 31.9. The van der Waals surface area contributed by atoms with Crippen molar-refractivity contribution in [3.8, 4) is 5.75 Å². The first-order valence-electron chi connectivity index (χ1n) is 9.28. The van der Waals surface area contributed by atoms with Crippen LogP contribution in [0.3, 0.4) is 0 Å². The number of hydrogen-bond donors (Lipinski definition) is 0. The van der Waals surface area contributed by atoms with Crippen LogP contribution in [0.5, 0.6) is 5.75 Å². The minimum Gasteiger partial charge on any atom is -0.497 e. The van der Waals surface area contributed by atoms with E-state index in [9.17, 15) is 9.59 Å². The lowest BCUT2D eigenvalue weighted by Crippen LogP contribution is -2.47. The van der Waals surface area contributed by atoms with Crippen molar-refractivity contribution < 1.29 is 19.1 Å². The standard InChI is InChI=1S/C20H23BrN2O4S/c1-13(27-19(25)16-12-15(26-2)8-9-17(16)21)18(24)23(20-22-10-11-28-20)14-6-4-3-5-7-14/h8-14H,3-7H2,1-2H3/t13-/m0/s1. The van der Waals surface area contributed by atoms with Gasteiger partial charge in [-0.1, -0.05) is 19.3 Å². The zero-order valence-corrected chi connectivity index (χ0v) is 18.3. The van der Waals surface area contributed by atoms with Crippen molar-refractivity contribution in [2.75, 3.05) is 12.0 Å². The lowest BCUT2D eigenvalue weighted by molar-refractivity contribution is -0.127. The van der Waals surface area contributed by atoms with Gasteiger partial charge in [0.15, 0.2) is 11.2 Å². The SMILES string of the molecule is COc1ccc(Br)c(C(=O)O[C@@H](C)C(=O)N(c2nccs2)C2CCCCC2)c1. The van der Waals surface area contributed by atoms with Crippen LogP contribution >= 0.6 is 27.3 Å². The lowest BCUT2D eigenvalue weighted by Gasteiger charge is -2.33. The summed E-state index contributed by atoms with van der Waals surface area (Å²) < 4.78 is 11.3. The maximum Gasteiger partial charge on any atom is 0.340 e. The van der Waals surface area contributed by atoms with E-state index in [0.717, 1.165) is 25.7 Å². The van der Waals surface area contributed by atoms with Crippen LogP contribution in [-0.4, -0.2) is 36.1 Å². The summed E-state index contributed by atoms with van der Waals surface area (Å²) in [6.07, 6.45) is 6.00. The summed E-state index contributed by atoms with van der Waals surface area (Å²) >= 11 is 4.77. The lowest BCUT2D eigenvalue weighted by atomic mass is 9.94. The molecule has 0 unspecified atom stereocenters. The number of benzene rings is 1. The zero-order valence-electron chi connectivity index (χ0n) is 15.9. The molecule has 0 aliphatic heterocycles. The van der Waals surface area contributed by atoms with E-state index in [1.807, 2.05) is 5.38 Å². The Morgan fingerprint density at radius 1 is 1.29 bits per heavy atom. The molecule has 1 aromatic carbocycles. The Balaban J connectivity index is 1.77. The highest BCUT2D eigenvalue weighted by molar-refractivity contribution is 9.10. The van der Waals surface area contributed by atoms with E-state index in [1.165, 1.54) is 24.9 Å². The van der Waals surface area contributed by atoms with Crippen molar-refractivity contribution in [1.82, 2.24) is 4.98 Å². The Bertz CT molecular complexity index is 822. The highest BCUT2D eigenvalue weighted by atomic mass is 79.9. The van der Waals surface area contributed by atoms with Gasteiger partial charge in [-0.05, 0) is 53.9 Å². The maximum absolute atomic E-state index is 13.2. The Morgan fingerprint density at radius 2 is 2.04 bits per heavy atom. The van der Waals surface area contributed by atoms with Crippen molar-refractivity contribution in [2.45, 2.75) is 51.2 Å². The molecule has 1 aliphatic carbocycles. The number of ether oxygens (including phenoxy) is 2. The van der Waals surface area contributed by atoms with E-state index < -0.39 is 12.1 Å². The topological polar surface area (TPSA) is 68.7 Å². The van der Waals surface area contributed by atoms with Gasteiger partial charge in [-0.15, -0.1) is 11.3 Å². The summed E-state index contributed by atoms with van der Waals surface area (Å²) in [5, 5.41) is 2.50. The van der Waals surface area contributed by atoms with E-state index in [2.05, 4.69) is 20.9 Å². The van der Waals surface area contributed by atoms with Crippen LogP contribution in [-0.2, 0) is 9.53 Å². The highest BCUT2D eigenvalue weighted by Gasteiger charge is 2.33. The van der Waals surface area contributed by atoms with E-state index in [0.29, 0.717) is 20.9 Å². The fourth-order valence-electron chi connectivity index (χ4n) is 3.36. The molecule has 28 heavy (non-hydrogen) atoms. The number of carbonyl (C=O) groups is 2. The molecule has 1 aromatic heterocycles. The van der Waals surface area contributed by atoms with E-state index in [4.69, 9.17) is 9.47 Å². The van der Waals surface area contributed by atoms with Crippen LogP contribution in [0.2, 0.25) is 0 Å². The first-order chi connectivity index (χ1) is 13.5. The van der Waals surface area contributed by atoms with Crippen LogP contribution in [0.15, 0.2) is 34.2 Å². The fraction of sp³-hybridized carbons (Fsp3) is 0.450. The molecular formula is C20H23BrN2O4S. The third-order valence-corrected chi connectivity index (χ3v) is 6.29. The largest absolute Gasteiger partial charge is 0.497 e. The molecule has 0 saturated heterocycles. The van der Waals surface area contributed by atoms with Gasteiger partial charge in [0, 0.05) is 22.1 Å². The number of amides is 1. The molecule has 0 bridgehead atoms. The van der Waals surface area contributed by atoms with Crippen LogP contribution in [0.4, 0.5) is 5.13 Å². The van der Waals surface area contributed by atoms with Crippen molar-refractivity contribution in [1.29, 1.82) is 0 Å². The molecule has 1 saturated carbocycles. The van der Waals surface area contributed by atoms with Crippen molar-refractivity contribution in [3.05, 3.63) is 39.8 Å². The van der Waals surface area contributed by atoms with Crippen LogP contribution < -0.4 is 9.64 Å². The van der Waals surface area contributed by atoms with Gasteiger partial charge in [0.1, 0.15) is 5.75 Å². The molecule has 0 spiro atoms. The first-order valence-corrected chi connectivity index (χ1v) is 11.0. The normalized spacial score (nSPS) is 15.7. The Morgan fingerprint density at radius 3 is 2.68 bits per heavy atom. The monoisotopic (exact) mass is 466 g/mol. The number of rotatable bonds is 6. The number of esters is 1. The second-order valence-electron chi connectivity index (χ2n) is 6.71. The average molecular weight is 467 g/mol. The van der Waals surface area contributed by atoms with E-state index >= 15 is 0 Å². The van der Waals surface area contributed by atoms with Crippen LogP contribution in [0.25, 0.3) is 0 Å². The van der Waals surface area contributed by atoms with Crippen LogP contribution in [0.1, 0.15) is 49.4 Å². The van der Waals surface area contributed by atoms with Gasteiger partial charge in [-0.25, -0.2) is 9.78 Å². The van der Waals surface area contributed by atoms with E-state index in [1.54, 1.807) is 36.2 Å². The third-order valence-electron chi connectivity index (χ3n) is 4.83. The number of halogens is 1. The number of methoxy groups -OCH3 is 1. The fourth-order valence-corrected chi connectivity index (χ4v) is 4.49. The smallest absolute Gasteiger partial charge is 0.340 e. The maximum atomic E-state index is 13.2. The molecule has 1 amide bonds. The Kier molecular flexibility index (Phi) is 7.07. The van der Waals surface area contributed by atoms with Gasteiger partial charge in [0.2, 0.25) is 0 Å². The molecule has 0 radical (unpaired) electrons. The minimum absolute atomic E-state index is 0.0945. The number of anilines is 1. The van der Waals surface area contributed by atoms with Crippen LogP contribution in [0, 0.1) is 0 Å². The summed E-state index contributed by atoms with van der Waals surface area (Å²) in [6, 6.07) is 5.13. The molecule has 150 valence electrons. The second kappa shape index (κ2) is 9.52. The van der Waals surface area contributed by atoms with Crippen molar-refractivity contribution >= 4 is 44.3 Å². The predicted molar refractivity (Wildman–Crippen MR) is 112 cm³/mol. The number of thiazole rings is 1. The molecule has 3 rings (SSSR count). The molecule has 1 aliphatic rings. The average Bonchev–Trinajstić information content (AvgIpc) is 3.23. The van der Waals surface area contributed by atoms with Crippen molar-refractivity contribution in [2.24, 2.45) is 0 Å². The summed E-state index contributed by atoms with van der Waals surface area (Å²) in [7, 11) is 1.53. The molecule has 8 heteroatoms. The number of aromatic nitrogens is 1. The molecule has 1 atom stereocenters. The molecule has 6 nitrogen and oxygen atoms in total. The Hall–Kier alpha value is -1.93. The molecule has 2 aromatic rings. The van der Waals surface area contributed by atoms with Gasteiger partial charge < -0.3 is 9.47 Å². The molecule has 0 N–H and O–H groups in total. The van der Waals surface area contributed by atoms with Gasteiger partial charge in [0.25, 0.3) is 5.91 Å². The quantitative estimate of drug-likeness (QED) is 0.570. The molecule has 1 heterocycles. The number of hydrogen-bond acceptors (Lipinski definition) is 6. The molecule has 1 fully saturated rings. The summed E-state index contributed by atoms with van der Waals surface area (Å²) in [5.74, 6) is -0.274. The highest BCUT2D eigenvalue weighted by Crippen LogP contribution is 2.30. The van der Waals surface area contributed by atoms with Gasteiger partial charge in [-0.2, -0.15) is 0 Å². The van der Waals surface area contributed by atoms with Gasteiger partial charge in [0.05, 0.1) is 12.7 Å². The Labute approximate surface area is 177 Å². The molecular weight excluding hydrogens is 444 g/mol.